The molecule has 0 amide bonds. The Hall–Kier alpha value is -2.48. The summed E-state index contributed by atoms with van der Waals surface area (Å²) in [6, 6.07) is 14.8. The van der Waals surface area contributed by atoms with Crippen LogP contribution in [0.1, 0.15) is 56.6 Å². The third-order valence-electron chi connectivity index (χ3n) is 7.68. The fourth-order valence-electron chi connectivity index (χ4n) is 5.49. The van der Waals surface area contributed by atoms with E-state index < -0.39 is 19.9 Å². The molecule has 1 aliphatic rings. The average molecular weight is 571 g/mol. The molecule has 2 heterocycles. The Bertz CT molecular complexity index is 1180. The number of aliphatic carboxylic acids is 1. The number of ether oxygens (including phenoxy) is 1. The third-order valence-corrected chi connectivity index (χ3v) is 10.0. The predicted molar refractivity (Wildman–Crippen MR) is 162 cm³/mol. The number of aromatic nitrogens is 1. The summed E-state index contributed by atoms with van der Waals surface area (Å²) in [6.45, 7) is 5.09. The predicted octanol–water partition coefficient (Wildman–Crippen LogP) is 5.73. The van der Waals surface area contributed by atoms with Crippen molar-refractivity contribution >= 4 is 24.7 Å². The normalized spacial score (nSPS) is 16.6. The van der Waals surface area contributed by atoms with Gasteiger partial charge in [0.2, 0.25) is 0 Å². The summed E-state index contributed by atoms with van der Waals surface area (Å²) >= 11 is 0. The molecule has 0 saturated carbocycles. The molecule has 4 rings (SSSR count). The highest BCUT2D eigenvalue weighted by Crippen LogP contribution is 2.52. The Balaban J connectivity index is 1.24. The van der Waals surface area contributed by atoms with Gasteiger partial charge in [0, 0.05) is 23.5 Å². The van der Waals surface area contributed by atoms with Crippen molar-refractivity contribution in [2.45, 2.75) is 64.3 Å². The van der Waals surface area contributed by atoms with Gasteiger partial charge in [0.05, 0.1) is 13.2 Å². The number of hydrogen-bond donors (Lipinski definition) is 5. The molecule has 218 valence electrons. The van der Waals surface area contributed by atoms with Gasteiger partial charge in [-0.15, -0.1) is 5.09 Å². The fourth-order valence-corrected chi connectivity index (χ4v) is 7.52. The lowest BCUT2D eigenvalue weighted by Crippen LogP contribution is -2.39. The first-order valence-corrected chi connectivity index (χ1v) is 16.5. The van der Waals surface area contributed by atoms with E-state index in [1.807, 2.05) is 55.6 Å². The van der Waals surface area contributed by atoms with Crippen LogP contribution >= 0.6 is 7.87 Å². The minimum atomic E-state index is -3.11. The lowest BCUT2D eigenvalue weighted by molar-refractivity contribution is -0.139. The zero-order valence-corrected chi connectivity index (χ0v) is 24.5. The molecule has 5 N–H and O–H groups in total. The minimum absolute atomic E-state index is 0.240. The summed E-state index contributed by atoms with van der Waals surface area (Å²) in [5.74, 6) is 0.628. The number of unbranched alkanes of at least 4 members (excludes halogenated alkanes) is 1. The van der Waals surface area contributed by atoms with E-state index in [1.165, 1.54) is 36.6 Å². The van der Waals surface area contributed by atoms with Gasteiger partial charge in [-0.25, -0.2) is 4.89 Å². The van der Waals surface area contributed by atoms with Gasteiger partial charge in [-0.2, -0.15) is 4.52 Å². The summed E-state index contributed by atoms with van der Waals surface area (Å²) in [5, 5.41) is 17.5. The molecule has 9 heteroatoms. The summed E-state index contributed by atoms with van der Waals surface area (Å²) in [7, 11) is -3.11. The molecule has 1 unspecified atom stereocenters. The van der Waals surface area contributed by atoms with E-state index in [-0.39, 0.29) is 6.42 Å². The summed E-state index contributed by atoms with van der Waals surface area (Å²) < 4.78 is 11.7. The quantitative estimate of drug-likeness (QED) is 0.104. The smallest absolute Gasteiger partial charge is 0.343 e. The van der Waals surface area contributed by atoms with E-state index in [1.54, 1.807) is 0 Å². The standard InChI is InChI=1S/C31H44N3O5P/c1-2-39-40(37,21-7-9-26-23-33-29-11-4-3-10-28(26)29)34-30(31(35)36)22-25-12-14-27(15-13-25)38-20-6-5-8-24-16-18-32-19-17-24/h3-4,10-15,23-24,30,32-34,37H,2,5-9,16-22H2,1H3/p+1/t30-,40?/m0/s1. The van der Waals surface area contributed by atoms with Gasteiger partial charge in [0.1, 0.15) is 18.0 Å². The van der Waals surface area contributed by atoms with E-state index >= 15 is 0 Å². The van der Waals surface area contributed by atoms with Gasteiger partial charge in [0.25, 0.3) is 0 Å². The van der Waals surface area contributed by atoms with Crippen LogP contribution < -0.4 is 15.1 Å². The first-order valence-electron chi connectivity index (χ1n) is 14.7. The summed E-state index contributed by atoms with van der Waals surface area (Å²) in [5.41, 5.74) is 3.12. The number of nitrogens with one attached hydrogen (secondary N) is 3. The van der Waals surface area contributed by atoms with E-state index in [4.69, 9.17) is 9.26 Å². The molecule has 8 nitrogen and oxygen atoms in total. The molecule has 40 heavy (non-hydrogen) atoms. The van der Waals surface area contributed by atoms with Crippen molar-refractivity contribution in [2.24, 2.45) is 5.92 Å². The molecule has 0 bridgehead atoms. The third kappa shape index (κ3) is 9.28. The molecule has 3 aromatic rings. The number of aromatic amines is 1. The molecular formula is C31H45N3O5P+. The SMILES string of the molecule is CCO[P+](O)(CCCc1c[nH]c2ccccc12)N[C@@H](Cc1ccc(OCCCCC2CCNCC2)cc1)C(=O)O. The molecule has 1 aromatic heterocycles. The van der Waals surface area contributed by atoms with Crippen LogP contribution in [0.4, 0.5) is 0 Å². The van der Waals surface area contributed by atoms with Crippen LogP contribution in [0.15, 0.2) is 54.7 Å². The molecular weight excluding hydrogens is 525 g/mol. The van der Waals surface area contributed by atoms with Crippen molar-refractivity contribution < 1.29 is 24.1 Å². The van der Waals surface area contributed by atoms with Gasteiger partial charge in [-0.05, 0) is 93.8 Å². The molecule has 2 aromatic carbocycles. The van der Waals surface area contributed by atoms with Gasteiger partial charge in [-0.1, -0.05) is 36.8 Å². The molecule has 1 saturated heterocycles. The van der Waals surface area contributed by atoms with Crippen molar-refractivity contribution in [1.29, 1.82) is 0 Å². The van der Waals surface area contributed by atoms with Crippen LogP contribution in [-0.4, -0.2) is 59.5 Å². The Morgan fingerprint density at radius 3 is 2.62 bits per heavy atom. The van der Waals surface area contributed by atoms with Crippen LogP contribution in [0.3, 0.4) is 0 Å². The highest BCUT2D eigenvalue weighted by atomic mass is 31.2. The second-order valence-electron chi connectivity index (χ2n) is 10.7. The number of fused-ring (bicyclic) bond motifs is 1. The van der Waals surface area contributed by atoms with Crippen LogP contribution in [0.2, 0.25) is 0 Å². The Morgan fingerprint density at radius 2 is 1.88 bits per heavy atom. The first kappa shape index (κ1) is 30.5. The second kappa shape index (κ2) is 15.5. The lowest BCUT2D eigenvalue weighted by Gasteiger charge is -2.23. The molecule has 0 radical (unpaired) electrons. The lowest BCUT2D eigenvalue weighted by atomic mass is 9.93. The fraction of sp³-hybridized carbons (Fsp3) is 0.516. The van der Waals surface area contributed by atoms with Crippen molar-refractivity contribution in [2.75, 3.05) is 32.5 Å². The van der Waals surface area contributed by atoms with Crippen LogP contribution in [0.5, 0.6) is 5.75 Å². The van der Waals surface area contributed by atoms with Crippen molar-refractivity contribution in [1.82, 2.24) is 15.4 Å². The summed E-state index contributed by atoms with van der Waals surface area (Å²) in [6.07, 6.45) is 10.1. The number of aryl methyl sites for hydroxylation is 1. The van der Waals surface area contributed by atoms with E-state index in [9.17, 15) is 14.8 Å². The molecule has 0 spiro atoms. The Kier molecular flexibility index (Phi) is 11.8. The number of rotatable bonds is 17. The maximum absolute atomic E-state index is 12.1. The summed E-state index contributed by atoms with van der Waals surface area (Å²) in [4.78, 5) is 26.7. The molecule has 2 atom stereocenters. The highest BCUT2D eigenvalue weighted by Gasteiger charge is 2.42. The van der Waals surface area contributed by atoms with E-state index in [0.717, 1.165) is 48.7 Å². The molecule has 0 aliphatic carbocycles. The number of carboxylic acid groups (broad SMARTS) is 1. The van der Waals surface area contributed by atoms with Crippen molar-refractivity contribution in [3.63, 3.8) is 0 Å². The molecule has 1 fully saturated rings. The van der Waals surface area contributed by atoms with Gasteiger partial charge in [0.15, 0.2) is 0 Å². The average Bonchev–Trinajstić information content (AvgIpc) is 3.37. The minimum Gasteiger partial charge on any atom is -0.494 e. The van der Waals surface area contributed by atoms with Gasteiger partial charge < -0.3 is 20.1 Å². The maximum Gasteiger partial charge on any atom is 0.343 e. The van der Waals surface area contributed by atoms with E-state index in [2.05, 4.69) is 21.5 Å². The first-order chi connectivity index (χ1) is 19.5. The number of carboxylic acids is 1. The van der Waals surface area contributed by atoms with Crippen LogP contribution in [0, 0.1) is 5.92 Å². The molecule has 1 aliphatic heterocycles. The van der Waals surface area contributed by atoms with Gasteiger partial charge >= 0.3 is 13.8 Å². The zero-order chi connectivity index (χ0) is 28.2. The van der Waals surface area contributed by atoms with Gasteiger partial charge in [-0.3, -0.25) is 4.79 Å². The van der Waals surface area contributed by atoms with Crippen molar-refractivity contribution in [3.8, 4) is 5.75 Å². The van der Waals surface area contributed by atoms with Crippen LogP contribution in [0.25, 0.3) is 10.9 Å². The number of carbonyl (C=O) groups is 1. The Morgan fingerprint density at radius 1 is 1.10 bits per heavy atom. The second-order valence-corrected chi connectivity index (χ2v) is 13.1. The number of para-hydroxylation sites is 1. The number of hydrogen-bond acceptors (Lipinski definition) is 6. The Labute approximate surface area is 238 Å². The van der Waals surface area contributed by atoms with E-state index in [0.29, 0.717) is 25.8 Å². The van der Waals surface area contributed by atoms with Crippen molar-refractivity contribution in [3.05, 3.63) is 65.9 Å². The zero-order valence-electron chi connectivity index (χ0n) is 23.6. The number of piperidine rings is 1. The monoisotopic (exact) mass is 570 g/mol. The largest absolute Gasteiger partial charge is 0.494 e. The number of benzene rings is 2. The van der Waals surface area contributed by atoms with Crippen LogP contribution in [-0.2, 0) is 22.2 Å². The maximum atomic E-state index is 12.1. The topological polar surface area (TPSA) is 116 Å². The number of H-pyrrole nitrogens is 1. The highest BCUT2D eigenvalue weighted by molar-refractivity contribution is 7.63.